The van der Waals surface area contributed by atoms with Gasteiger partial charge in [-0.2, -0.15) is 0 Å². The molecule has 29 heavy (non-hydrogen) atoms. The fourth-order valence-corrected chi connectivity index (χ4v) is 4.28. The summed E-state index contributed by atoms with van der Waals surface area (Å²) < 4.78 is 27.4. The number of nitrogens with zero attached hydrogens (tertiary/aromatic N) is 1. The van der Waals surface area contributed by atoms with Crippen LogP contribution in [0, 0.1) is 11.6 Å². The quantitative estimate of drug-likeness (QED) is 0.638. The minimum absolute atomic E-state index is 0.0374. The molecule has 0 radical (unpaired) electrons. The van der Waals surface area contributed by atoms with Gasteiger partial charge in [-0.3, -0.25) is 9.69 Å². The molecule has 0 bridgehead atoms. The summed E-state index contributed by atoms with van der Waals surface area (Å²) in [5.41, 5.74) is 0.639. The van der Waals surface area contributed by atoms with Crippen LogP contribution < -0.4 is 5.32 Å². The summed E-state index contributed by atoms with van der Waals surface area (Å²) in [5, 5.41) is 3.96. The Labute approximate surface area is 180 Å². The third-order valence-corrected chi connectivity index (χ3v) is 6.17. The van der Waals surface area contributed by atoms with Gasteiger partial charge in [0.05, 0.1) is 12.5 Å². The molecule has 1 heterocycles. The van der Waals surface area contributed by atoms with Gasteiger partial charge in [0, 0.05) is 15.6 Å². The summed E-state index contributed by atoms with van der Waals surface area (Å²) >= 11 is 12.2. The van der Waals surface area contributed by atoms with E-state index in [0.29, 0.717) is 21.2 Å². The van der Waals surface area contributed by atoms with Gasteiger partial charge in [0.25, 0.3) is 0 Å². The fourth-order valence-electron chi connectivity index (χ4n) is 3.90. The Balaban J connectivity index is 1.89. The molecule has 1 N–H and O–H groups in total. The standard InChI is InChI=1S/C22H24Cl2F2N2O/c1-22(2,28-9-3-4-10-28)21(14-5-8-18(25)19(26)12-14)27-20(29)13-15-11-16(23)6-7-17(15)24/h5-8,11-12,21H,3-4,9-10,13H2,1-2H3,(H,27,29). The first-order valence-corrected chi connectivity index (χ1v) is 10.4. The van der Waals surface area contributed by atoms with Gasteiger partial charge in [-0.15, -0.1) is 0 Å². The zero-order valence-electron chi connectivity index (χ0n) is 16.4. The number of carbonyl (C=O) groups is 1. The number of halogens is 4. The Morgan fingerprint density at radius 1 is 1.10 bits per heavy atom. The van der Waals surface area contributed by atoms with Crippen molar-refractivity contribution in [3.63, 3.8) is 0 Å². The molecule has 0 aliphatic carbocycles. The lowest BCUT2D eigenvalue weighted by Gasteiger charge is -2.42. The maximum Gasteiger partial charge on any atom is 0.225 e. The Morgan fingerprint density at radius 3 is 2.45 bits per heavy atom. The Morgan fingerprint density at radius 2 is 1.79 bits per heavy atom. The van der Waals surface area contributed by atoms with Crippen molar-refractivity contribution >= 4 is 29.1 Å². The summed E-state index contributed by atoms with van der Waals surface area (Å²) in [4.78, 5) is 15.1. The van der Waals surface area contributed by atoms with Gasteiger partial charge in [0.15, 0.2) is 11.6 Å². The average molecular weight is 441 g/mol. The second kappa shape index (κ2) is 8.99. The topological polar surface area (TPSA) is 32.3 Å². The first-order valence-electron chi connectivity index (χ1n) is 9.62. The van der Waals surface area contributed by atoms with E-state index in [2.05, 4.69) is 10.2 Å². The van der Waals surface area contributed by atoms with Gasteiger partial charge in [0.1, 0.15) is 0 Å². The first kappa shape index (κ1) is 22.0. The molecule has 0 aromatic heterocycles. The van der Waals surface area contributed by atoms with E-state index in [9.17, 15) is 13.6 Å². The van der Waals surface area contributed by atoms with Crippen LogP contribution in [-0.4, -0.2) is 29.4 Å². The molecule has 1 aliphatic heterocycles. The van der Waals surface area contributed by atoms with Crippen molar-refractivity contribution < 1.29 is 13.6 Å². The van der Waals surface area contributed by atoms with Crippen LogP contribution in [0.2, 0.25) is 10.0 Å². The van der Waals surface area contributed by atoms with E-state index in [1.54, 1.807) is 18.2 Å². The van der Waals surface area contributed by atoms with E-state index in [4.69, 9.17) is 23.2 Å². The summed E-state index contributed by atoms with van der Waals surface area (Å²) in [6.45, 7) is 5.81. The van der Waals surface area contributed by atoms with Crippen molar-refractivity contribution in [1.29, 1.82) is 0 Å². The van der Waals surface area contributed by atoms with E-state index < -0.39 is 23.2 Å². The van der Waals surface area contributed by atoms with Crippen LogP contribution in [0.25, 0.3) is 0 Å². The van der Waals surface area contributed by atoms with Crippen LogP contribution in [0.3, 0.4) is 0 Å². The predicted molar refractivity (Wildman–Crippen MR) is 112 cm³/mol. The molecular weight excluding hydrogens is 417 g/mol. The average Bonchev–Trinajstić information content (AvgIpc) is 3.21. The number of hydrogen-bond acceptors (Lipinski definition) is 2. The third kappa shape index (κ3) is 5.08. The number of amides is 1. The summed E-state index contributed by atoms with van der Waals surface area (Å²) in [6, 6.07) is 8.21. The molecule has 1 aliphatic rings. The SMILES string of the molecule is CC(C)(C(NC(=O)Cc1cc(Cl)ccc1Cl)c1ccc(F)c(F)c1)N1CCCC1. The van der Waals surface area contributed by atoms with Crippen molar-refractivity contribution in [2.24, 2.45) is 0 Å². The molecule has 156 valence electrons. The molecule has 2 aromatic carbocycles. The number of rotatable bonds is 6. The van der Waals surface area contributed by atoms with Gasteiger partial charge in [0.2, 0.25) is 5.91 Å². The molecule has 0 spiro atoms. The van der Waals surface area contributed by atoms with Crippen molar-refractivity contribution in [3.8, 4) is 0 Å². The largest absolute Gasteiger partial charge is 0.347 e. The van der Waals surface area contributed by atoms with Crippen molar-refractivity contribution in [2.75, 3.05) is 13.1 Å². The molecule has 1 amide bonds. The van der Waals surface area contributed by atoms with Crippen LogP contribution in [-0.2, 0) is 11.2 Å². The number of nitrogens with one attached hydrogen (secondary N) is 1. The van der Waals surface area contributed by atoms with Crippen LogP contribution in [0.5, 0.6) is 0 Å². The molecular formula is C22H24Cl2F2N2O. The maximum atomic E-state index is 14.0. The van der Waals surface area contributed by atoms with Gasteiger partial charge in [-0.1, -0.05) is 29.3 Å². The number of benzene rings is 2. The lowest BCUT2D eigenvalue weighted by atomic mass is 9.86. The van der Waals surface area contributed by atoms with E-state index in [1.807, 2.05) is 13.8 Å². The first-order chi connectivity index (χ1) is 13.7. The Hall–Kier alpha value is -1.69. The highest BCUT2D eigenvalue weighted by Gasteiger charge is 2.39. The monoisotopic (exact) mass is 440 g/mol. The van der Waals surface area contributed by atoms with Crippen LogP contribution >= 0.6 is 23.2 Å². The van der Waals surface area contributed by atoms with Gasteiger partial charge in [-0.25, -0.2) is 8.78 Å². The number of hydrogen-bond donors (Lipinski definition) is 1. The molecule has 1 fully saturated rings. The highest BCUT2D eigenvalue weighted by atomic mass is 35.5. The van der Waals surface area contributed by atoms with E-state index in [0.717, 1.165) is 38.1 Å². The molecule has 0 saturated carbocycles. The summed E-state index contributed by atoms with van der Waals surface area (Å²) in [6.07, 6.45) is 2.18. The molecule has 1 unspecified atom stereocenters. The lowest BCUT2D eigenvalue weighted by Crippen LogP contribution is -2.53. The van der Waals surface area contributed by atoms with Gasteiger partial charge >= 0.3 is 0 Å². The smallest absolute Gasteiger partial charge is 0.225 e. The second-order valence-corrected chi connectivity index (χ2v) is 8.78. The number of likely N-dealkylation sites (tertiary alicyclic amines) is 1. The molecule has 7 heteroatoms. The van der Waals surface area contributed by atoms with Gasteiger partial charge < -0.3 is 5.32 Å². The molecule has 3 nitrogen and oxygen atoms in total. The van der Waals surface area contributed by atoms with E-state index in [-0.39, 0.29) is 12.3 Å². The highest BCUT2D eigenvalue weighted by molar-refractivity contribution is 6.33. The summed E-state index contributed by atoms with van der Waals surface area (Å²) in [7, 11) is 0. The van der Waals surface area contributed by atoms with E-state index >= 15 is 0 Å². The number of carbonyl (C=O) groups excluding carboxylic acids is 1. The predicted octanol–water partition coefficient (Wildman–Crippen LogP) is 5.55. The Kier molecular flexibility index (Phi) is 6.82. The second-order valence-electron chi connectivity index (χ2n) is 7.93. The van der Waals surface area contributed by atoms with Crippen LogP contribution in [0.15, 0.2) is 36.4 Å². The lowest BCUT2D eigenvalue weighted by molar-refractivity contribution is -0.122. The molecule has 3 rings (SSSR count). The van der Waals surface area contributed by atoms with Crippen LogP contribution in [0.4, 0.5) is 8.78 Å². The Bertz CT molecular complexity index is 898. The zero-order valence-corrected chi connectivity index (χ0v) is 18.0. The van der Waals surface area contributed by atoms with Gasteiger partial charge in [-0.05, 0) is 81.2 Å². The van der Waals surface area contributed by atoms with Crippen LogP contribution in [0.1, 0.15) is 43.9 Å². The minimum atomic E-state index is -0.933. The van der Waals surface area contributed by atoms with Crippen molar-refractivity contribution in [3.05, 3.63) is 69.2 Å². The summed E-state index contributed by atoms with van der Waals surface area (Å²) in [5.74, 6) is -2.11. The highest BCUT2D eigenvalue weighted by Crippen LogP contribution is 2.34. The minimum Gasteiger partial charge on any atom is -0.347 e. The molecule has 1 saturated heterocycles. The van der Waals surface area contributed by atoms with Crippen molar-refractivity contribution in [1.82, 2.24) is 10.2 Å². The molecule has 2 aromatic rings. The zero-order chi connectivity index (χ0) is 21.2. The van der Waals surface area contributed by atoms with E-state index in [1.165, 1.54) is 6.07 Å². The van der Waals surface area contributed by atoms with Crippen molar-refractivity contribution in [2.45, 2.75) is 44.7 Å². The molecule has 1 atom stereocenters. The maximum absolute atomic E-state index is 14.0. The fraction of sp³-hybridized carbons (Fsp3) is 0.409. The third-order valence-electron chi connectivity index (χ3n) is 5.57. The normalized spacial score (nSPS) is 16.1.